The number of pyridine rings is 1. The molecule has 1 atom stereocenters. The average molecular weight is 306 g/mol. The standard InChI is InChI=1S/C15H18N2O3S/c18-11-14(19)17-8-2-6-13(17)15(20)21-9-3-5-12-4-1-7-16-10-12/h1,4,7,10-11,13H,2-3,5-6,8-9H2/t13-/m0/s1. The Bertz CT molecular complexity index is 507. The van der Waals surface area contributed by atoms with Crippen molar-refractivity contribution in [1.82, 2.24) is 9.88 Å². The minimum atomic E-state index is -0.582. The summed E-state index contributed by atoms with van der Waals surface area (Å²) in [5, 5.41) is -0.00566. The number of aryl methyl sites for hydroxylation is 1. The summed E-state index contributed by atoms with van der Waals surface area (Å²) in [4.78, 5) is 39.6. The van der Waals surface area contributed by atoms with Gasteiger partial charge in [-0.1, -0.05) is 17.8 Å². The molecule has 0 saturated carbocycles. The van der Waals surface area contributed by atoms with E-state index in [-0.39, 0.29) is 5.12 Å². The zero-order valence-corrected chi connectivity index (χ0v) is 12.6. The lowest BCUT2D eigenvalue weighted by molar-refractivity contribution is -0.140. The fourth-order valence-electron chi connectivity index (χ4n) is 2.43. The molecule has 1 aromatic heterocycles. The zero-order valence-electron chi connectivity index (χ0n) is 11.7. The Balaban J connectivity index is 1.74. The first-order valence-corrected chi connectivity index (χ1v) is 8.02. The van der Waals surface area contributed by atoms with Crippen molar-refractivity contribution in [2.24, 2.45) is 0 Å². The number of nitrogens with zero attached hydrogens (tertiary/aromatic N) is 2. The van der Waals surface area contributed by atoms with Crippen LogP contribution in [0.4, 0.5) is 0 Å². The summed E-state index contributed by atoms with van der Waals surface area (Å²) in [5.74, 6) is 0.134. The molecule has 2 heterocycles. The lowest BCUT2D eigenvalue weighted by Crippen LogP contribution is -2.40. The van der Waals surface area contributed by atoms with Gasteiger partial charge in [-0.25, -0.2) is 0 Å². The van der Waals surface area contributed by atoms with Gasteiger partial charge in [-0.05, 0) is 37.3 Å². The van der Waals surface area contributed by atoms with Crippen molar-refractivity contribution in [1.29, 1.82) is 0 Å². The molecule has 5 nitrogen and oxygen atoms in total. The van der Waals surface area contributed by atoms with Crippen LogP contribution in [-0.4, -0.2) is 45.5 Å². The van der Waals surface area contributed by atoms with Crippen LogP contribution in [-0.2, 0) is 20.8 Å². The van der Waals surface area contributed by atoms with Crippen molar-refractivity contribution in [2.45, 2.75) is 31.7 Å². The second-order valence-electron chi connectivity index (χ2n) is 4.94. The third-order valence-corrected chi connectivity index (χ3v) is 4.54. The molecule has 2 rings (SSSR count). The van der Waals surface area contributed by atoms with E-state index in [1.54, 1.807) is 6.20 Å². The molecule has 0 radical (unpaired) electrons. The van der Waals surface area contributed by atoms with E-state index < -0.39 is 11.9 Å². The van der Waals surface area contributed by atoms with Gasteiger partial charge < -0.3 is 4.90 Å². The molecule has 1 amide bonds. The van der Waals surface area contributed by atoms with E-state index >= 15 is 0 Å². The van der Waals surface area contributed by atoms with E-state index in [1.165, 1.54) is 16.7 Å². The summed E-state index contributed by atoms with van der Waals surface area (Å²) in [5.41, 5.74) is 1.16. The quantitative estimate of drug-likeness (QED) is 0.452. The molecule has 21 heavy (non-hydrogen) atoms. The zero-order chi connectivity index (χ0) is 15.1. The van der Waals surface area contributed by atoms with Gasteiger partial charge in [0.15, 0.2) is 0 Å². The smallest absolute Gasteiger partial charge is 0.287 e. The summed E-state index contributed by atoms with van der Waals surface area (Å²) >= 11 is 1.26. The number of carbonyl (C=O) groups excluding carboxylic acids is 3. The molecule has 1 aliphatic rings. The van der Waals surface area contributed by atoms with Crippen LogP contribution in [0.3, 0.4) is 0 Å². The topological polar surface area (TPSA) is 67.3 Å². The number of likely N-dealkylation sites (tertiary alicyclic amines) is 1. The SMILES string of the molecule is O=CC(=O)N1CCC[C@H]1C(=O)SCCCc1cccnc1. The van der Waals surface area contributed by atoms with Crippen molar-refractivity contribution in [2.75, 3.05) is 12.3 Å². The molecular weight excluding hydrogens is 288 g/mol. The summed E-state index contributed by atoms with van der Waals surface area (Å²) in [7, 11) is 0. The van der Waals surface area contributed by atoms with E-state index in [0.717, 1.165) is 24.8 Å². The maximum atomic E-state index is 12.1. The number of rotatable bonds is 6. The van der Waals surface area contributed by atoms with E-state index in [4.69, 9.17) is 0 Å². The number of aromatic nitrogens is 1. The lowest BCUT2D eigenvalue weighted by Gasteiger charge is -2.20. The Morgan fingerprint density at radius 1 is 1.48 bits per heavy atom. The van der Waals surface area contributed by atoms with Crippen LogP contribution in [0.5, 0.6) is 0 Å². The predicted octanol–water partition coefficient (Wildman–Crippen LogP) is 1.46. The third kappa shape index (κ3) is 4.39. The lowest BCUT2D eigenvalue weighted by atomic mass is 10.2. The molecule has 0 aliphatic carbocycles. The maximum Gasteiger partial charge on any atom is 0.287 e. The van der Waals surface area contributed by atoms with Crippen molar-refractivity contribution >= 4 is 29.1 Å². The highest BCUT2D eigenvalue weighted by Gasteiger charge is 2.33. The number of amides is 1. The van der Waals surface area contributed by atoms with Gasteiger partial charge in [0.1, 0.15) is 6.04 Å². The summed E-state index contributed by atoms with van der Waals surface area (Å²) in [6.45, 7) is 0.504. The molecule has 1 saturated heterocycles. The second-order valence-corrected chi connectivity index (χ2v) is 6.04. The first-order chi connectivity index (χ1) is 10.2. The first-order valence-electron chi connectivity index (χ1n) is 7.03. The molecular formula is C15H18N2O3S. The van der Waals surface area contributed by atoms with Gasteiger partial charge >= 0.3 is 0 Å². The Hall–Kier alpha value is -1.69. The number of hydrogen-bond acceptors (Lipinski definition) is 5. The molecule has 1 aliphatic heterocycles. The molecule has 0 unspecified atom stereocenters. The monoisotopic (exact) mass is 306 g/mol. The average Bonchev–Trinajstić information content (AvgIpc) is 3.01. The Kier molecular flexibility index (Phi) is 5.92. The fraction of sp³-hybridized carbons (Fsp3) is 0.467. The normalized spacial score (nSPS) is 17.7. The minimum absolute atomic E-state index is 0.00566. The number of aldehydes is 1. The highest BCUT2D eigenvalue weighted by molar-refractivity contribution is 8.13. The Morgan fingerprint density at radius 3 is 3.05 bits per heavy atom. The molecule has 112 valence electrons. The van der Waals surface area contributed by atoms with E-state index in [9.17, 15) is 14.4 Å². The van der Waals surface area contributed by atoms with Gasteiger partial charge in [0.2, 0.25) is 11.4 Å². The molecule has 1 fully saturated rings. The predicted molar refractivity (Wildman–Crippen MR) is 80.8 cm³/mol. The third-order valence-electron chi connectivity index (χ3n) is 3.49. The van der Waals surface area contributed by atoms with Gasteiger partial charge in [0, 0.05) is 24.7 Å². The number of carbonyl (C=O) groups is 3. The summed E-state index contributed by atoms with van der Waals surface area (Å²) in [6.07, 6.45) is 7.07. The van der Waals surface area contributed by atoms with Crippen molar-refractivity contribution in [3.63, 3.8) is 0 Å². The van der Waals surface area contributed by atoms with E-state index in [2.05, 4.69) is 4.98 Å². The van der Waals surface area contributed by atoms with Crippen LogP contribution in [0.25, 0.3) is 0 Å². The van der Waals surface area contributed by atoms with Gasteiger partial charge in [0.25, 0.3) is 5.91 Å². The summed E-state index contributed by atoms with van der Waals surface area (Å²) < 4.78 is 0. The Labute approximate surface area is 128 Å². The summed E-state index contributed by atoms with van der Waals surface area (Å²) in [6, 6.07) is 3.49. The highest BCUT2D eigenvalue weighted by atomic mass is 32.2. The van der Waals surface area contributed by atoms with Crippen LogP contribution < -0.4 is 0 Å². The van der Waals surface area contributed by atoms with Crippen molar-refractivity contribution < 1.29 is 14.4 Å². The van der Waals surface area contributed by atoms with Gasteiger partial charge in [-0.2, -0.15) is 0 Å². The van der Waals surface area contributed by atoms with Crippen molar-refractivity contribution in [3.8, 4) is 0 Å². The van der Waals surface area contributed by atoms with Gasteiger partial charge in [0.05, 0.1) is 0 Å². The molecule has 0 spiro atoms. The molecule has 0 bridgehead atoms. The molecule has 6 heteroatoms. The highest BCUT2D eigenvalue weighted by Crippen LogP contribution is 2.23. The van der Waals surface area contributed by atoms with Crippen LogP contribution >= 0.6 is 11.8 Å². The van der Waals surface area contributed by atoms with Crippen LogP contribution in [0.1, 0.15) is 24.8 Å². The molecule has 1 aromatic rings. The first kappa shape index (κ1) is 15.7. The second kappa shape index (κ2) is 7.93. The van der Waals surface area contributed by atoms with E-state index in [1.807, 2.05) is 18.3 Å². The molecule has 0 aromatic carbocycles. The van der Waals surface area contributed by atoms with Crippen LogP contribution in [0.15, 0.2) is 24.5 Å². The number of thioether (sulfide) groups is 1. The van der Waals surface area contributed by atoms with E-state index in [0.29, 0.717) is 25.0 Å². The minimum Gasteiger partial charge on any atom is -0.325 e. The maximum absolute atomic E-state index is 12.1. The Morgan fingerprint density at radius 2 is 2.33 bits per heavy atom. The van der Waals surface area contributed by atoms with Crippen LogP contribution in [0.2, 0.25) is 0 Å². The van der Waals surface area contributed by atoms with Crippen LogP contribution in [0, 0.1) is 0 Å². The number of hydrogen-bond donors (Lipinski definition) is 0. The van der Waals surface area contributed by atoms with Gasteiger partial charge in [-0.3, -0.25) is 19.4 Å². The largest absolute Gasteiger partial charge is 0.325 e. The van der Waals surface area contributed by atoms with Crippen molar-refractivity contribution in [3.05, 3.63) is 30.1 Å². The van der Waals surface area contributed by atoms with Gasteiger partial charge in [-0.15, -0.1) is 0 Å². The fourth-order valence-corrected chi connectivity index (χ4v) is 3.36. The molecule has 0 N–H and O–H groups in total.